The first kappa shape index (κ1) is 25.2. The van der Waals surface area contributed by atoms with Crippen LogP contribution in [-0.4, -0.2) is 59.9 Å². The molecule has 0 spiro atoms. The highest BCUT2D eigenvalue weighted by Gasteiger charge is 2.19. The zero-order valence-electron chi connectivity index (χ0n) is 22.0. The van der Waals surface area contributed by atoms with E-state index in [1.165, 1.54) is 18.7 Å². The number of rotatable bonds is 6. The van der Waals surface area contributed by atoms with Crippen LogP contribution in [0.15, 0.2) is 67.4 Å². The molecule has 0 unspecified atom stereocenters. The molecule has 2 amide bonds. The number of hydrogen-bond donors (Lipinski definition) is 3. The van der Waals surface area contributed by atoms with Crippen LogP contribution in [0.25, 0.3) is 33.4 Å². The van der Waals surface area contributed by atoms with Crippen LogP contribution in [0.5, 0.6) is 0 Å². The Morgan fingerprint density at radius 2 is 1.71 bits per heavy atom. The Hall–Kier alpha value is -4.43. The van der Waals surface area contributed by atoms with Gasteiger partial charge in [-0.05, 0) is 61.0 Å². The second-order valence-corrected chi connectivity index (χ2v) is 9.74. The number of H-pyrrole nitrogens is 1. The topological polar surface area (TPSA) is 93.4 Å². The van der Waals surface area contributed by atoms with Crippen molar-refractivity contribution in [3.63, 3.8) is 0 Å². The van der Waals surface area contributed by atoms with Crippen molar-refractivity contribution in [1.29, 1.82) is 0 Å². The highest BCUT2D eigenvalue weighted by atomic mass is 16.2. The van der Waals surface area contributed by atoms with Crippen molar-refractivity contribution in [1.82, 2.24) is 14.9 Å². The van der Waals surface area contributed by atoms with Gasteiger partial charge in [-0.25, -0.2) is 4.98 Å². The molecule has 2 aromatic heterocycles. The van der Waals surface area contributed by atoms with Gasteiger partial charge in [-0.1, -0.05) is 30.8 Å². The Bertz CT molecular complexity index is 1510. The number of anilines is 3. The first-order chi connectivity index (χ1) is 18.3. The van der Waals surface area contributed by atoms with Crippen molar-refractivity contribution in [3.8, 4) is 22.4 Å². The number of aryl methyl sites for hydroxylation is 1. The number of likely N-dealkylation sites (N-methyl/N-ethyl adjacent to an activating group) is 1. The fourth-order valence-electron chi connectivity index (χ4n) is 4.86. The molecule has 0 saturated carbocycles. The average molecular weight is 509 g/mol. The predicted octanol–water partition coefficient (Wildman–Crippen LogP) is 5.04. The number of fused-ring (bicyclic) bond motifs is 1. The number of amides is 2. The third kappa shape index (κ3) is 5.17. The van der Waals surface area contributed by atoms with Gasteiger partial charge in [-0.15, -0.1) is 0 Å². The molecule has 2 aromatic carbocycles. The monoisotopic (exact) mass is 508 g/mol. The minimum absolute atomic E-state index is 0.160. The van der Waals surface area contributed by atoms with Gasteiger partial charge in [0.15, 0.2) is 0 Å². The van der Waals surface area contributed by atoms with Crippen LogP contribution >= 0.6 is 0 Å². The fraction of sp³-hybridized carbons (Fsp3) is 0.233. The van der Waals surface area contributed by atoms with Crippen molar-refractivity contribution < 1.29 is 9.59 Å². The molecule has 3 N–H and O–H groups in total. The molecule has 3 heterocycles. The summed E-state index contributed by atoms with van der Waals surface area (Å²) < 4.78 is 0. The lowest BCUT2D eigenvalue weighted by atomic mass is 9.97. The summed E-state index contributed by atoms with van der Waals surface area (Å²) in [4.78, 5) is 36.6. The summed E-state index contributed by atoms with van der Waals surface area (Å²) in [5.41, 5.74) is 8.00. The summed E-state index contributed by atoms with van der Waals surface area (Å²) in [5.74, 6) is -0.425. The molecule has 1 fully saturated rings. The van der Waals surface area contributed by atoms with E-state index in [9.17, 15) is 9.59 Å². The van der Waals surface area contributed by atoms with Crippen molar-refractivity contribution in [3.05, 3.63) is 72.9 Å². The van der Waals surface area contributed by atoms with Crippen LogP contribution < -0.4 is 15.5 Å². The number of carbonyl (C=O) groups is 2. The molecule has 8 heteroatoms. The first-order valence-corrected chi connectivity index (χ1v) is 12.7. The van der Waals surface area contributed by atoms with Gasteiger partial charge in [0.1, 0.15) is 5.65 Å². The molecule has 0 atom stereocenters. The summed E-state index contributed by atoms with van der Waals surface area (Å²) in [7, 11) is 2.16. The molecule has 1 aliphatic rings. The largest absolute Gasteiger partial charge is 0.369 e. The van der Waals surface area contributed by atoms with E-state index in [1.54, 1.807) is 6.20 Å². The second-order valence-electron chi connectivity index (χ2n) is 9.74. The van der Waals surface area contributed by atoms with Gasteiger partial charge >= 0.3 is 0 Å². The highest BCUT2D eigenvalue weighted by Crippen LogP contribution is 2.40. The molecule has 1 aliphatic heterocycles. The minimum atomic E-state index is -0.265. The third-order valence-corrected chi connectivity index (χ3v) is 6.96. The van der Waals surface area contributed by atoms with E-state index in [4.69, 9.17) is 0 Å². The Morgan fingerprint density at radius 1 is 1.00 bits per heavy atom. The molecular formula is C30H32N6O2. The predicted molar refractivity (Wildman–Crippen MR) is 155 cm³/mol. The van der Waals surface area contributed by atoms with Gasteiger partial charge in [0.2, 0.25) is 11.8 Å². The number of hydrogen-bond acceptors (Lipinski definition) is 5. The van der Waals surface area contributed by atoms with Gasteiger partial charge in [0.05, 0.1) is 17.6 Å². The molecule has 8 nitrogen and oxygen atoms in total. The first-order valence-electron chi connectivity index (χ1n) is 12.7. The zero-order valence-corrected chi connectivity index (χ0v) is 22.0. The number of piperazine rings is 1. The average Bonchev–Trinajstić information content (AvgIpc) is 3.29. The molecule has 5 rings (SSSR count). The lowest BCUT2D eigenvalue weighted by Crippen LogP contribution is -2.44. The Balaban J connectivity index is 1.62. The van der Waals surface area contributed by atoms with Crippen molar-refractivity contribution in [2.24, 2.45) is 0 Å². The van der Waals surface area contributed by atoms with E-state index in [2.05, 4.69) is 68.3 Å². The Labute approximate surface area is 222 Å². The molecule has 0 aliphatic carbocycles. The maximum atomic E-state index is 12.1. The maximum Gasteiger partial charge on any atom is 0.247 e. The summed E-state index contributed by atoms with van der Waals surface area (Å²) >= 11 is 0. The van der Waals surface area contributed by atoms with Gasteiger partial charge in [0, 0.05) is 55.4 Å². The van der Waals surface area contributed by atoms with E-state index < -0.39 is 0 Å². The molecule has 1 saturated heterocycles. The number of pyridine rings is 1. The van der Waals surface area contributed by atoms with Crippen molar-refractivity contribution in [2.75, 3.05) is 48.8 Å². The summed E-state index contributed by atoms with van der Waals surface area (Å²) in [5, 5.41) is 6.61. The summed E-state index contributed by atoms with van der Waals surface area (Å²) in [6.45, 7) is 11.1. The highest BCUT2D eigenvalue weighted by molar-refractivity contribution is 6.06. The van der Waals surface area contributed by atoms with E-state index in [1.807, 2.05) is 31.2 Å². The molecule has 194 valence electrons. The Kier molecular flexibility index (Phi) is 6.98. The van der Waals surface area contributed by atoms with E-state index >= 15 is 0 Å². The lowest BCUT2D eigenvalue weighted by molar-refractivity contribution is -0.114. The lowest BCUT2D eigenvalue weighted by Gasteiger charge is -2.34. The molecule has 4 aromatic rings. The zero-order chi connectivity index (χ0) is 26.8. The quantitative estimate of drug-likeness (QED) is 0.317. The van der Waals surface area contributed by atoms with Gasteiger partial charge in [-0.2, -0.15) is 0 Å². The Morgan fingerprint density at radius 3 is 2.39 bits per heavy atom. The maximum absolute atomic E-state index is 12.1. The molecule has 0 bridgehead atoms. The molecule has 0 radical (unpaired) electrons. The van der Waals surface area contributed by atoms with E-state index in [0.29, 0.717) is 17.0 Å². The number of carbonyl (C=O) groups excluding carboxylic acids is 2. The normalized spacial score (nSPS) is 13.9. The van der Waals surface area contributed by atoms with Gasteiger partial charge in [0.25, 0.3) is 0 Å². The van der Waals surface area contributed by atoms with Crippen LogP contribution in [0.3, 0.4) is 0 Å². The van der Waals surface area contributed by atoms with E-state index in [-0.39, 0.29) is 11.8 Å². The SMILES string of the molecule is C=CC(=O)Nc1cc(-c2c(-c3ccc(N4CCN(C)CC4)cc3)[nH]c3ncc(NC(C)=O)cc23)ccc1C. The number of benzene rings is 2. The third-order valence-electron chi connectivity index (χ3n) is 6.96. The van der Waals surface area contributed by atoms with Gasteiger partial charge < -0.3 is 25.4 Å². The molecule has 38 heavy (non-hydrogen) atoms. The summed E-state index contributed by atoms with van der Waals surface area (Å²) in [6.07, 6.45) is 2.91. The number of aromatic amines is 1. The van der Waals surface area contributed by atoms with Crippen LogP contribution in [0, 0.1) is 6.92 Å². The van der Waals surface area contributed by atoms with Crippen molar-refractivity contribution in [2.45, 2.75) is 13.8 Å². The second kappa shape index (κ2) is 10.5. The number of nitrogens with zero attached hydrogens (tertiary/aromatic N) is 3. The standard InChI is InChI=1S/C30H32N6O2/c1-5-27(38)33-26-16-22(7-6-19(26)2)28-25-17-23(32-20(3)37)18-31-30(25)34-29(28)21-8-10-24(11-9-21)36-14-12-35(4)13-15-36/h5-11,16-18H,1,12-15H2,2-4H3,(H,31,34)(H,32,37)(H,33,38). The van der Waals surface area contributed by atoms with Crippen molar-refractivity contribution >= 4 is 39.9 Å². The number of aromatic nitrogens is 2. The summed E-state index contributed by atoms with van der Waals surface area (Å²) in [6, 6.07) is 16.5. The van der Waals surface area contributed by atoms with Gasteiger partial charge in [-0.3, -0.25) is 9.59 Å². The smallest absolute Gasteiger partial charge is 0.247 e. The number of nitrogens with one attached hydrogen (secondary N) is 3. The van der Waals surface area contributed by atoms with Crippen LogP contribution in [-0.2, 0) is 9.59 Å². The van der Waals surface area contributed by atoms with Crippen LogP contribution in [0.1, 0.15) is 12.5 Å². The minimum Gasteiger partial charge on any atom is -0.369 e. The fourth-order valence-corrected chi connectivity index (χ4v) is 4.86. The van der Waals surface area contributed by atoms with Crippen LogP contribution in [0.2, 0.25) is 0 Å². The molecular weight excluding hydrogens is 476 g/mol. The van der Waals surface area contributed by atoms with Crippen LogP contribution in [0.4, 0.5) is 17.1 Å². The van der Waals surface area contributed by atoms with E-state index in [0.717, 1.165) is 59.5 Å².